The Morgan fingerprint density at radius 2 is 1.71 bits per heavy atom. The minimum Gasteiger partial charge on any atom is -0.348 e. The van der Waals surface area contributed by atoms with Crippen LogP contribution in [0.15, 0.2) is 30.3 Å². The van der Waals surface area contributed by atoms with Crippen LogP contribution in [0.25, 0.3) is 0 Å². The maximum Gasteiger partial charge on any atom is 0.253 e. The van der Waals surface area contributed by atoms with Crippen molar-refractivity contribution in [3.63, 3.8) is 0 Å². The lowest BCUT2D eigenvalue weighted by Gasteiger charge is -2.13. The van der Waals surface area contributed by atoms with Gasteiger partial charge < -0.3 is 10.6 Å². The summed E-state index contributed by atoms with van der Waals surface area (Å²) in [6, 6.07) is 4.96. The number of alkyl halides is 2. The molecule has 2 amide bonds. The van der Waals surface area contributed by atoms with Gasteiger partial charge in [0.15, 0.2) is 27.3 Å². The number of carbonyl (C=O) groups is 2. The van der Waals surface area contributed by atoms with Gasteiger partial charge >= 0.3 is 0 Å². The number of hydrogen-bond acceptors (Lipinski definition) is 4. The Labute approximate surface area is 207 Å². The standard InChI is InChI=1S/C21H16Cl3F3N2O4S/c22-13-2-1-10(7-12(13)19(30)29-11-3-4-34(32,33)8-11)28-20(31)17-16(21(17,23)24)9-5-14(25)18(27)15(26)6-9/h1-2,5-7,11,16-17H,3-4,8H2,(H,28,31)(H,29,30)/t11?,16-,17+/m0/s1. The fourth-order valence-electron chi connectivity index (χ4n) is 3.99. The smallest absolute Gasteiger partial charge is 0.253 e. The number of carbonyl (C=O) groups excluding carboxylic acids is 2. The van der Waals surface area contributed by atoms with Gasteiger partial charge in [0.25, 0.3) is 5.91 Å². The van der Waals surface area contributed by atoms with Gasteiger partial charge in [0.1, 0.15) is 4.33 Å². The van der Waals surface area contributed by atoms with Crippen molar-refractivity contribution >= 4 is 62.1 Å². The molecule has 4 rings (SSSR count). The molecule has 1 saturated carbocycles. The molecular weight excluding hydrogens is 540 g/mol. The lowest BCUT2D eigenvalue weighted by atomic mass is 10.1. The molecule has 13 heteroatoms. The molecular formula is C21H16Cl3F3N2O4S. The van der Waals surface area contributed by atoms with Gasteiger partial charge in [-0.05, 0) is 42.3 Å². The Morgan fingerprint density at radius 3 is 2.29 bits per heavy atom. The molecule has 2 aliphatic rings. The summed E-state index contributed by atoms with van der Waals surface area (Å²) in [7, 11) is -3.20. The number of halogens is 6. The summed E-state index contributed by atoms with van der Waals surface area (Å²) in [6.07, 6.45) is 0.281. The number of anilines is 1. The highest BCUT2D eigenvalue weighted by atomic mass is 35.5. The van der Waals surface area contributed by atoms with E-state index in [1.807, 2.05) is 0 Å². The lowest BCUT2D eigenvalue weighted by Crippen LogP contribution is -2.35. The van der Waals surface area contributed by atoms with E-state index in [-0.39, 0.29) is 39.8 Å². The van der Waals surface area contributed by atoms with Gasteiger partial charge in [0, 0.05) is 17.6 Å². The summed E-state index contributed by atoms with van der Waals surface area (Å²) in [5, 5.41) is 5.20. The lowest BCUT2D eigenvalue weighted by molar-refractivity contribution is -0.117. The summed E-state index contributed by atoms with van der Waals surface area (Å²) in [4.78, 5) is 25.4. The Hall–Kier alpha value is -2.01. The van der Waals surface area contributed by atoms with Crippen molar-refractivity contribution in [1.82, 2.24) is 5.32 Å². The molecule has 2 aromatic rings. The first kappa shape index (κ1) is 25.1. The van der Waals surface area contributed by atoms with Crippen LogP contribution >= 0.6 is 34.8 Å². The van der Waals surface area contributed by atoms with Crippen LogP contribution in [-0.4, -0.2) is 42.1 Å². The van der Waals surface area contributed by atoms with Crippen molar-refractivity contribution < 1.29 is 31.2 Å². The van der Waals surface area contributed by atoms with Crippen molar-refractivity contribution in [3.05, 3.63) is 63.9 Å². The molecule has 2 fully saturated rings. The summed E-state index contributed by atoms with van der Waals surface area (Å²) < 4.78 is 62.0. The fourth-order valence-corrected chi connectivity index (χ4v) is 6.70. The molecule has 2 aromatic carbocycles. The van der Waals surface area contributed by atoms with Gasteiger partial charge in [-0.25, -0.2) is 21.6 Å². The molecule has 3 atom stereocenters. The van der Waals surface area contributed by atoms with E-state index in [1.54, 1.807) is 0 Å². The average Bonchev–Trinajstić information content (AvgIpc) is 3.16. The highest BCUT2D eigenvalue weighted by molar-refractivity contribution is 7.91. The molecule has 1 heterocycles. The molecule has 182 valence electrons. The van der Waals surface area contributed by atoms with Crippen LogP contribution in [0, 0.1) is 23.4 Å². The molecule has 0 aromatic heterocycles. The number of sulfone groups is 1. The quantitative estimate of drug-likeness (QED) is 0.427. The fraction of sp³-hybridized carbons (Fsp3) is 0.333. The van der Waals surface area contributed by atoms with Gasteiger partial charge in [0.2, 0.25) is 5.91 Å². The average molecular weight is 556 g/mol. The molecule has 1 unspecified atom stereocenters. The predicted molar refractivity (Wildman–Crippen MR) is 122 cm³/mol. The largest absolute Gasteiger partial charge is 0.348 e. The second-order valence-corrected chi connectivity index (χ2v) is 12.3. The Kier molecular flexibility index (Phi) is 6.56. The third kappa shape index (κ3) is 4.86. The number of amides is 2. The Morgan fingerprint density at radius 1 is 1.06 bits per heavy atom. The summed E-state index contributed by atoms with van der Waals surface area (Å²) >= 11 is 18.4. The van der Waals surface area contributed by atoms with E-state index in [4.69, 9.17) is 34.8 Å². The van der Waals surface area contributed by atoms with E-state index in [9.17, 15) is 31.2 Å². The summed E-state index contributed by atoms with van der Waals surface area (Å²) in [5.74, 6) is -8.15. The Bertz CT molecular complexity index is 1280. The van der Waals surface area contributed by atoms with Crippen LogP contribution in [0.3, 0.4) is 0 Å². The molecule has 6 nitrogen and oxygen atoms in total. The zero-order valence-corrected chi connectivity index (χ0v) is 20.1. The van der Waals surface area contributed by atoms with Crippen LogP contribution in [0.5, 0.6) is 0 Å². The van der Waals surface area contributed by atoms with Crippen LogP contribution in [-0.2, 0) is 14.6 Å². The number of benzene rings is 2. The van der Waals surface area contributed by atoms with E-state index >= 15 is 0 Å². The first-order valence-corrected chi connectivity index (χ1v) is 12.9. The maximum atomic E-state index is 13.6. The highest BCUT2D eigenvalue weighted by Gasteiger charge is 2.67. The van der Waals surface area contributed by atoms with Crippen molar-refractivity contribution in [2.45, 2.75) is 22.7 Å². The summed E-state index contributed by atoms with van der Waals surface area (Å²) in [5.41, 5.74) is 0.0795. The molecule has 2 N–H and O–H groups in total. The normalized spacial score (nSPS) is 24.5. The molecule has 1 saturated heterocycles. The van der Waals surface area contributed by atoms with Gasteiger partial charge in [-0.15, -0.1) is 23.2 Å². The predicted octanol–water partition coefficient (Wildman–Crippen LogP) is 4.20. The SMILES string of the molecule is O=C(NC1CCS(=O)(=O)C1)c1cc(NC(=O)[C@H]2[C@H](c3cc(F)c(F)c(F)c3)C2(Cl)Cl)ccc1Cl. The topological polar surface area (TPSA) is 92.3 Å². The zero-order chi connectivity index (χ0) is 25.0. The van der Waals surface area contributed by atoms with Crippen molar-refractivity contribution in [1.29, 1.82) is 0 Å². The summed E-state index contributed by atoms with van der Waals surface area (Å²) in [6.45, 7) is 0. The van der Waals surface area contributed by atoms with E-state index in [2.05, 4.69) is 10.6 Å². The third-order valence-electron chi connectivity index (χ3n) is 5.75. The zero-order valence-electron chi connectivity index (χ0n) is 17.0. The van der Waals surface area contributed by atoms with Crippen molar-refractivity contribution in [2.75, 3.05) is 16.8 Å². The van der Waals surface area contributed by atoms with E-state index in [0.29, 0.717) is 0 Å². The Balaban J connectivity index is 1.49. The molecule has 1 aliphatic heterocycles. The number of nitrogens with one attached hydrogen (secondary N) is 2. The van der Waals surface area contributed by atoms with Gasteiger partial charge in [-0.1, -0.05) is 11.6 Å². The first-order valence-electron chi connectivity index (χ1n) is 9.94. The van der Waals surface area contributed by atoms with E-state index in [1.165, 1.54) is 18.2 Å². The third-order valence-corrected chi connectivity index (χ3v) is 8.79. The van der Waals surface area contributed by atoms with Gasteiger partial charge in [-0.3, -0.25) is 9.59 Å². The van der Waals surface area contributed by atoms with Gasteiger partial charge in [-0.2, -0.15) is 0 Å². The van der Waals surface area contributed by atoms with Gasteiger partial charge in [0.05, 0.1) is 28.0 Å². The minimum atomic E-state index is -3.20. The van der Waals surface area contributed by atoms with Crippen LogP contribution in [0.1, 0.15) is 28.3 Å². The molecule has 34 heavy (non-hydrogen) atoms. The van der Waals surface area contributed by atoms with Crippen LogP contribution < -0.4 is 10.6 Å². The molecule has 0 spiro atoms. The molecule has 0 radical (unpaired) electrons. The van der Waals surface area contributed by atoms with E-state index in [0.717, 1.165) is 12.1 Å². The second-order valence-electron chi connectivity index (χ2n) is 8.19. The number of rotatable bonds is 5. The van der Waals surface area contributed by atoms with Crippen LogP contribution in [0.4, 0.5) is 18.9 Å². The van der Waals surface area contributed by atoms with Crippen molar-refractivity contribution in [3.8, 4) is 0 Å². The first-order chi connectivity index (χ1) is 15.8. The number of hydrogen-bond donors (Lipinski definition) is 2. The van der Waals surface area contributed by atoms with Crippen LogP contribution in [0.2, 0.25) is 5.02 Å². The van der Waals surface area contributed by atoms with E-state index < -0.39 is 61.3 Å². The van der Waals surface area contributed by atoms with Crippen molar-refractivity contribution in [2.24, 2.45) is 5.92 Å². The highest BCUT2D eigenvalue weighted by Crippen LogP contribution is 2.65. The molecule has 1 aliphatic carbocycles. The minimum absolute atomic E-state index is 0.00167. The molecule has 0 bridgehead atoms. The monoisotopic (exact) mass is 554 g/mol. The maximum absolute atomic E-state index is 13.6. The second kappa shape index (κ2) is 8.89.